The van der Waals surface area contributed by atoms with E-state index in [1.54, 1.807) is 25.3 Å². The predicted octanol–water partition coefficient (Wildman–Crippen LogP) is -0.889. The molecule has 0 aliphatic heterocycles. The number of carboxylic acids is 4. The summed E-state index contributed by atoms with van der Waals surface area (Å²) in [4.78, 5) is 69.1. The fourth-order valence-electron chi connectivity index (χ4n) is 5.23. The van der Waals surface area contributed by atoms with Gasteiger partial charge in [0.25, 0.3) is 0 Å². The minimum atomic E-state index is -1.37. The van der Waals surface area contributed by atoms with Crippen molar-refractivity contribution in [1.29, 1.82) is 0 Å². The number of carbonyl (C=O) groups excluding carboxylic acids is 4. The molecule has 10 rings (SSSR count). The van der Waals surface area contributed by atoms with Gasteiger partial charge in [0.05, 0.1) is 93.3 Å². The second-order valence-corrected chi connectivity index (χ2v) is 12.6. The maximum atomic E-state index is 10.4. The first kappa shape index (κ1) is 64.4. The molecule has 10 aromatic rings. The van der Waals surface area contributed by atoms with Gasteiger partial charge in [-0.05, 0) is 72.8 Å². The van der Waals surface area contributed by atoms with Crippen molar-refractivity contribution in [1.82, 2.24) is 39.9 Å². The van der Waals surface area contributed by atoms with Gasteiger partial charge < -0.3 is 90.9 Å². The van der Waals surface area contributed by atoms with Gasteiger partial charge in [0.2, 0.25) is 0 Å². The molecule has 6 aromatic carbocycles. The van der Waals surface area contributed by atoms with E-state index in [9.17, 15) is 39.6 Å². The fraction of sp³-hybridized carbons (Fsp3) is 0.0435. The second-order valence-electron chi connectivity index (χ2n) is 12.6. The number of rotatable bonds is 8. The standard InChI is InChI=1S/2C9H8O5.4C7H6N2.2Cd.4H2O/c2*10-8(11)5-14-7-3-1-2-6(4-7)9(12)13;4*1-2-4-7-6(3-1)8-5-9-7;;;;;;/h2*1-4H,5H2,(H,10,11)(H,12,13);4*1-5H,(H,8,9);;;4*1H2/q;;;;;;2*+2;;;;/p-2. The summed E-state index contributed by atoms with van der Waals surface area (Å²) >= 11 is 0. The molecule has 0 saturated heterocycles. The summed E-state index contributed by atoms with van der Waals surface area (Å²) in [5.41, 5.74) is 8.34. The molecule has 0 fully saturated rings. The Labute approximate surface area is 437 Å². The number of para-hydroxylation sites is 8. The Morgan fingerprint density at radius 1 is 0.400 bits per heavy atom. The zero-order valence-corrected chi connectivity index (χ0v) is 45.1. The van der Waals surface area contributed by atoms with Crippen molar-refractivity contribution < 1.29 is 126 Å². The molecule has 4 aromatic heterocycles. The molecule has 356 valence electrons. The Kier molecular flexibility index (Phi) is 31.9. The van der Waals surface area contributed by atoms with E-state index in [1.165, 1.54) is 48.5 Å². The third-order valence-corrected chi connectivity index (χ3v) is 8.16. The van der Waals surface area contributed by atoms with E-state index in [-0.39, 0.29) is 99.1 Å². The summed E-state index contributed by atoms with van der Waals surface area (Å²) in [5.74, 6) is -5.13. The number of fused-ring (bicyclic) bond motifs is 4. The number of H-pyrrole nitrogens is 4. The van der Waals surface area contributed by atoms with Crippen molar-refractivity contribution in [2.24, 2.45) is 0 Å². The monoisotopic (exact) mass is 1160 g/mol. The van der Waals surface area contributed by atoms with Crippen molar-refractivity contribution in [3.05, 3.63) is 182 Å². The van der Waals surface area contributed by atoms with Gasteiger partial charge in [-0.15, -0.1) is 0 Å². The largest absolute Gasteiger partial charge is 2.00 e. The number of aromatic nitrogens is 8. The van der Waals surface area contributed by atoms with Crippen LogP contribution in [0.5, 0.6) is 11.5 Å². The van der Waals surface area contributed by atoms with Crippen LogP contribution in [0.3, 0.4) is 0 Å². The van der Waals surface area contributed by atoms with E-state index in [0.29, 0.717) is 0 Å². The molecule has 70 heavy (non-hydrogen) atoms. The maximum Gasteiger partial charge on any atom is 2.00 e. The van der Waals surface area contributed by atoms with E-state index < -0.39 is 37.1 Å². The number of imidazole rings is 4. The molecule has 0 bridgehead atoms. The molecule has 0 spiro atoms. The van der Waals surface area contributed by atoms with Crippen LogP contribution in [-0.2, 0) is 75.1 Å². The molecule has 0 saturated carbocycles. The molecule has 24 heteroatoms. The second kappa shape index (κ2) is 34.6. The van der Waals surface area contributed by atoms with Crippen molar-refractivity contribution in [2.75, 3.05) is 13.2 Å². The van der Waals surface area contributed by atoms with Gasteiger partial charge in [0.15, 0.2) is 0 Å². The summed E-state index contributed by atoms with van der Waals surface area (Å²) in [6, 6.07) is 42.5. The SMILES string of the molecule is O.O.O=C([O-])COc1cccc(C(=O)[O-])c1.O=C([O-])COc1cccc(C(=O)[O-])c1.[Cd+2].[Cd+2].[OH3+].[OH3+].c1ccc2[nH]cnc2c1.c1ccc2[nH]cnc2c1.c1ccc2[nH]cnc2c1.c1ccc2[nH]cnc2c1. The summed E-state index contributed by atoms with van der Waals surface area (Å²) in [5, 5.41) is 40.8. The summed E-state index contributed by atoms with van der Waals surface area (Å²) < 4.78 is 9.41. The molecular formula is C46H46Cd2N8O14+2. The van der Waals surface area contributed by atoms with Gasteiger partial charge in [-0.25, -0.2) is 19.9 Å². The zero-order valence-electron chi connectivity index (χ0n) is 37.0. The van der Waals surface area contributed by atoms with Crippen molar-refractivity contribution in [2.45, 2.75) is 0 Å². The van der Waals surface area contributed by atoms with Crippen molar-refractivity contribution >= 4 is 68.0 Å². The molecule has 0 amide bonds. The van der Waals surface area contributed by atoms with Crippen molar-refractivity contribution in [3.8, 4) is 11.5 Å². The van der Waals surface area contributed by atoms with Gasteiger partial charge in [0.1, 0.15) is 24.7 Å². The van der Waals surface area contributed by atoms with E-state index >= 15 is 0 Å². The Morgan fingerprint density at radius 3 is 0.886 bits per heavy atom. The summed E-state index contributed by atoms with van der Waals surface area (Å²) in [6.07, 6.45) is 6.80. The minimum absolute atomic E-state index is 0. The quantitative estimate of drug-likeness (QED) is 0.106. The molecule has 4 heterocycles. The third-order valence-electron chi connectivity index (χ3n) is 8.16. The van der Waals surface area contributed by atoms with Crippen LogP contribution < -0.4 is 29.9 Å². The molecule has 14 N–H and O–H groups in total. The first-order valence-electron chi connectivity index (χ1n) is 18.9. The molecule has 0 unspecified atom stereocenters. The van der Waals surface area contributed by atoms with E-state index in [4.69, 9.17) is 9.47 Å². The van der Waals surface area contributed by atoms with E-state index in [2.05, 4.69) is 39.9 Å². The smallest absolute Gasteiger partial charge is 0.546 e. The average molecular weight is 1160 g/mol. The first-order valence-corrected chi connectivity index (χ1v) is 18.9. The van der Waals surface area contributed by atoms with Gasteiger partial charge in [-0.3, -0.25) is 0 Å². The number of nitrogens with zero attached hydrogens (tertiary/aromatic N) is 4. The number of aromatic carboxylic acids is 2. The van der Waals surface area contributed by atoms with Crippen LogP contribution in [0.15, 0.2) is 171 Å². The van der Waals surface area contributed by atoms with Crippen molar-refractivity contribution in [3.63, 3.8) is 0 Å². The Hall–Kier alpha value is -7.64. The van der Waals surface area contributed by atoms with Gasteiger partial charge in [-0.1, -0.05) is 72.8 Å². The average Bonchev–Trinajstić information content (AvgIpc) is 4.17. The van der Waals surface area contributed by atoms with Gasteiger partial charge >= 0.3 is 54.6 Å². The number of aromatic amines is 4. The number of ether oxygens (including phenoxy) is 2. The van der Waals surface area contributed by atoms with Crippen LogP contribution in [0.2, 0.25) is 0 Å². The Morgan fingerprint density at radius 2 is 0.657 bits per heavy atom. The molecule has 22 nitrogen and oxygen atoms in total. The number of benzene rings is 6. The van der Waals surface area contributed by atoms with Crippen LogP contribution >= 0.6 is 0 Å². The Bertz CT molecular complexity index is 2600. The normalized spacial score (nSPS) is 9.03. The van der Waals surface area contributed by atoms with Gasteiger partial charge in [0, 0.05) is 11.1 Å². The predicted molar refractivity (Wildman–Crippen MR) is 244 cm³/mol. The molecule has 0 radical (unpaired) electrons. The molecule has 0 aliphatic rings. The third kappa shape index (κ3) is 22.0. The molecule has 0 aliphatic carbocycles. The summed E-state index contributed by atoms with van der Waals surface area (Å²) in [6.45, 7) is -1.23. The van der Waals surface area contributed by atoms with E-state index in [0.717, 1.165) is 44.1 Å². The van der Waals surface area contributed by atoms with Crippen LogP contribution in [-0.4, -0.2) is 87.9 Å². The molecular weight excluding hydrogens is 1110 g/mol. The maximum absolute atomic E-state index is 10.4. The van der Waals surface area contributed by atoms with Crippen LogP contribution in [0.4, 0.5) is 0 Å². The minimum Gasteiger partial charge on any atom is -0.546 e. The first-order chi connectivity index (χ1) is 31.0. The van der Waals surface area contributed by atoms with Crippen LogP contribution in [0, 0.1) is 0 Å². The topological polar surface area (TPSA) is 423 Å². The number of nitrogens with one attached hydrogen (secondary N) is 4. The number of hydrogen-bond acceptors (Lipinski definition) is 14. The van der Waals surface area contributed by atoms with Crippen LogP contribution in [0.1, 0.15) is 20.7 Å². The molecule has 0 atom stereocenters. The Balaban J connectivity index is 0. The summed E-state index contributed by atoms with van der Waals surface area (Å²) in [7, 11) is 0. The van der Waals surface area contributed by atoms with E-state index in [1.807, 2.05) is 97.1 Å². The number of carboxylic acid groups (broad SMARTS) is 4. The zero-order chi connectivity index (χ0) is 45.5. The number of hydrogen-bond donors (Lipinski definition) is 4. The fourth-order valence-corrected chi connectivity index (χ4v) is 5.23. The van der Waals surface area contributed by atoms with Crippen LogP contribution in [0.25, 0.3) is 44.1 Å². The van der Waals surface area contributed by atoms with Gasteiger partial charge in [-0.2, -0.15) is 0 Å². The number of carbonyl (C=O) groups is 4. The number of aliphatic carboxylic acids is 2.